The van der Waals surface area contributed by atoms with Gasteiger partial charge in [-0.05, 0) is 38.1 Å². The van der Waals surface area contributed by atoms with E-state index in [0.29, 0.717) is 19.8 Å². The van der Waals surface area contributed by atoms with Crippen molar-refractivity contribution >= 4 is 0 Å². The molecular weight excluding hydrogens is 254 g/mol. The molecule has 0 fully saturated rings. The van der Waals surface area contributed by atoms with Crippen LogP contribution in [0, 0.1) is 0 Å². The maximum atomic E-state index is 5.81. The zero-order chi connectivity index (χ0) is 14.8. The normalized spacial score (nSPS) is 14.0. The second-order valence-corrected chi connectivity index (χ2v) is 4.71. The summed E-state index contributed by atoms with van der Waals surface area (Å²) in [6, 6.07) is 8.37. The zero-order valence-electron chi connectivity index (χ0n) is 13.0. The highest BCUT2D eigenvalue weighted by molar-refractivity contribution is 5.29. The molecule has 0 amide bonds. The fraction of sp³-hybridized carbons (Fsp3) is 0.625. The maximum absolute atomic E-state index is 5.81. The number of hydrogen-bond donors (Lipinski definition) is 1. The molecule has 1 aromatic rings. The Bertz CT molecular complexity index is 353. The summed E-state index contributed by atoms with van der Waals surface area (Å²) in [4.78, 5) is 0. The van der Waals surface area contributed by atoms with Gasteiger partial charge in [-0.15, -0.1) is 0 Å². The topological polar surface area (TPSA) is 39.7 Å². The Balaban J connectivity index is 2.59. The number of likely N-dealkylation sites (N-methyl/N-ethyl adjacent to an activating group) is 1. The molecule has 1 rings (SSSR count). The van der Waals surface area contributed by atoms with Crippen LogP contribution in [0.25, 0.3) is 0 Å². The Kier molecular flexibility index (Phi) is 8.26. The summed E-state index contributed by atoms with van der Waals surface area (Å²) in [5, 5.41) is 3.44. The van der Waals surface area contributed by atoms with Gasteiger partial charge in [0.05, 0.1) is 32.0 Å². The van der Waals surface area contributed by atoms with E-state index in [1.165, 1.54) is 5.56 Å². The summed E-state index contributed by atoms with van der Waals surface area (Å²) in [7, 11) is 1.69. The molecular formula is C16H27NO3. The summed E-state index contributed by atoms with van der Waals surface area (Å²) >= 11 is 0. The molecule has 0 aliphatic heterocycles. The van der Waals surface area contributed by atoms with Crippen molar-refractivity contribution in [1.29, 1.82) is 0 Å². The number of nitrogens with one attached hydrogen (secondary N) is 1. The van der Waals surface area contributed by atoms with Gasteiger partial charge in [0.2, 0.25) is 0 Å². The van der Waals surface area contributed by atoms with Gasteiger partial charge in [-0.3, -0.25) is 0 Å². The van der Waals surface area contributed by atoms with Crippen LogP contribution in [0.2, 0.25) is 0 Å². The summed E-state index contributed by atoms with van der Waals surface area (Å²) in [6.07, 6.45) is 0.101. The van der Waals surface area contributed by atoms with E-state index in [4.69, 9.17) is 14.2 Å². The minimum absolute atomic E-state index is 0.101. The van der Waals surface area contributed by atoms with Crippen LogP contribution in [-0.2, 0) is 9.47 Å². The number of hydrogen-bond acceptors (Lipinski definition) is 4. The molecule has 0 aliphatic carbocycles. The SMILES string of the molecule is CCNC(COC(C)COC)c1ccc(OCC)cc1. The van der Waals surface area contributed by atoms with Gasteiger partial charge < -0.3 is 19.5 Å². The van der Waals surface area contributed by atoms with Crippen LogP contribution < -0.4 is 10.1 Å². The molecule has 0 heterocycles. The summed E-state index contributed by atoms with van der Waals surface area (Å²) in [6.45, 7) is 8.94. The van der Waals surface area contributed by atoms with Crippen molar-refractivity contribution in [3.05, 3.63) is 29.8 Å². The van der Waals surface area contributed by atoms with Crippen molar-refractivity contribution in [3.8, 4) is 5.75 Å². The highest BCUT2D eigenvalue weighted by atomic mass is 16.5. The molecule has 4 heteroatoms. The maximum Gasteiger partial charge on any atom is 0.119 e. The first-order chi connectivity index (χ1) is 9.71. The van der Waals surface area contributed by atoms with Gasteiger partial charge in [-0.25, -0.2) is 0 Å². The van der Waals surface area contributed by atoms with Gasteiger partial charge in [-0.1, -0.05) is 19.1 Å². The highest BCUT2D eigenvalue weighted by Crippen LogP contribution is 2.18. The largest absolute Gasteiger partial charge is 0.494 e. The number of rotatable bonds is 10. The van der Waals surface area contributed by atoms with E-state index in [1.54, 1.807) is 7.11 Å². The lowest BCUT2D eigenvalue weighted by Crippen LogP contribution is -2.28. The van der Waals surface area contributed by atoms with Crippen molar-refractivity contribution in [2.75, 3.05) is 33.5 Å². The summed E-state index contributed by atoms with van der Waals surface area (Å²) in [5.74, 6) is 0.903. The van der Waals surface area contributed by atoms with Gasteiger partial charge in [0.15, 0.2) is 0 Å². The van der Waals surface area contributed by atoms with Crippen LogP contribution in [0.15, 0.2) is 24.3 Å². The second-order valence-electron chi connectivity index (χ2n) is 4.71. The van der Waals surface area contributed by atoms with E-state index in [0.717, 1.165) is 12.3 Å². The molecule has 0 aromatic heterocycles. The molecule has 0 spiro atoms. The molecule has 2 unspecified atom stereocenters. The average molecular weight is 281 g/mol. The average Bonchev–Trinajstić information content (AvgIpc) is 2.45. The number of benzene rings is 1. The van der Waals surface area contributed by atoms with Gasteiger partial charge in [-0.2, -0.15) is 0 Å². The summed E-state index contributed by atoms with van der Waals surface area (Å²) < 4.78 is 16.4. The van der Waals surface area contributed by atoms with Gasteiger partial charge in [0.25, 0.3) is 0 Å². The zero-order valence-corrected chi connectivity index (χ0v) is 13.0. The van der Waals surface area contributed by atoms with Crippen LogP contribution in [0.5, 0.6) is 5.75 Å². The van der Waals surface area contributed by atoms with Gasteiger partial charge in [0, 0.05) is 7.11 Å². The lowest BCUT2D eigenvalue weighted by atomic mass is 10.1. The standard InChI is InChI=1S/C16H27NO3/c1-5-17-16(12-20-13(3)11-18-4)14-7-9-15(10-8-14)19-6-2/h7-10,13,16-17H,5-6,11-12H2,1-4H3. The van der Waals surface area contributed by atoms with Crippen LogP contribution in [-0.4, -0.2) is 39.6 Å². The molecule has 0 radical (unpaired) electrons. The Morgan fingerprint density at radius 2 is 1.80 bits per heavy atom. The van der Waals surface area contributed by atoms with Crippen molar-refractivity contribution in [3.63, 3.8) is 0 Å². The second kappa shape index (κ2) is 9.75. The molecule has 114 valence electrons. The first kappa shape index (κ1) is 17.0. The van der Waals surface area contributed by atoms with Gasteiger partial charge >= 0.3 is 0 Å². The predicted octanol–water partition coefficient (Wildman–Crippen LogP) is 2.79. The Labute approximate surface area is 122 Å². The molecule has 2 atom stereocenters. The van der Waals surface area contributed by atoms with Crippen LogP contribution >= 0.6 is 0 Å². The summed E-state index contributed by atoms with van der Waals surface area (Å²) in [5.41, 5.74) is 1.21. The predicted molar refractivity (Wildman–Crippen MR) is 81.3 cm³/mol. The minimum Gasteiger partial charge on any atom is -0.494 e. The minimum atomic E-state index is 0.101. The molecule has 1 aromatic carbocycles. The first-order valence-electron chi connectivity index (χ1n) is 7.27. The molecule has 0 saturated carbocycles. The van der Waals surface area contributed by atoms with Crippen LogP contribution in [0.4, 0.5) is 0 Å². The fourth-order valence-corrected chi connectivity index (χ4v) is 2.03. The monoisotopic (exact) mass is 281 g/mol. The first-order valence-corrected chi connectivity index (χ1v) is 7.27. The number of methoxy groups -OCH3 is 1. The quantitative estimate of drug-likeness (QED) is 0.716. The van der Waals surface area contributed by atoms with Crippen molar-refractivity contribution < 1.29 is 14.2 Å². The smallest absolute Gasteiger partial charge is 0.119 e. The van der Waals surface area contributed by atoms with Gasteiger partial charge in [0.1, 0.15) is 5.75 Å². The van der Waals surface area contributed by atoms with Crippen molar-refractivity contribution in [1.82, 2.24) is 5.32 Å². The molecule has 0 aliphatic rings. The van der Waals surface area contributed by atoms with Crippen molar-refractivity contribution in [2.45, 2.75) is 32.9 Å². The van der Waals surface area contributed by atoms with E-state index in [9.17, 15) is 0 Å². The number of ether oxygens (including phenoxy) is 3. The van der Waals surface area contributed by atoms with E-state index in [-0.39, 0.29) is 12.1 Å². The molecule has 0 saturated heterocycles. The Morgan fingerprint density at radius 3 is 2.35 bits per heavy atom. The highest BCUT2D eigenvalue weighted by Gasteiger charge is 2.12. The molecule has 1 N–H and O–H groups in total. The van der Waals surface area contributed by atoms with E-state index >= 15 is 0 Å². The molecule has 0 bridgehead atoms. The third-order valence-electron chi connectivity index (χ3n) is 2.99. The third kappa shape index (κ3) is 5.90. The van der Waals surface area contributed by atoms with E-state index in [1.807, 2.05) is 26.0 Å². The third-order valence-corrected chi connectivity index (χ3v) is 2.99. The lowest BCUT2D eigenvalue weighted by Gasteiger charge is -2.21. The Hall–Kier alpha value is -1.10. The Morgan fingerprint density at radius 1 is 1.10 bits per heavy atom. The molecule has 4 nitrogen and oxygen atoms in total. The lowest BCUT2D eigenvalue weighted by molar-refractivity contribution is -0.000389. The van der Waals surface area contributed by atoms with E-state index < -0.39 is 0 Å². The fourth-order valence-electron chi connectivity index (χ4n) is 2.03. The van der Waals surface area contributed by atoms with Crippen LogP contribution in [0.1, 0.15) is 32.4 Å². The molecule has 20 heavy (non-hydrogen) atoms. The van der Waals surface area contributed by atoms with Crippen molar-refractivity contribution in [2.24, 2.45) is 0 Å². The van der Waals surface area contributed by atoms with Crippen LogP contribution in [0.3, 0.4) is 0 Å². The van der Waals surface area contributed by atoms with E-state index in [2.05, 4.69) is 24.4 Å².